The highest BCUT2D eigenvalue weighted by atomic mass is 32.1. The summed E-state index contributed by atoms with van der Waals surface area (Å²) in [6, 6.07) is 11.9. The maximum atomic E-state index is 13.4. The van der Waals surface area contributed by atoms with Crippen molar-refractivity contribution in [1.82, 2.24) is 5.32 Å². The number of thiophene rings is 1. The molecule has 2 heterocycles. The van der Waals surface area contributed by atoms with Gasteiger partial charge in [0.2, 0.25) is 0 Å². The first kappa shape index (κ1) is 20.4. The molecule has 0 unspecified atom stereocenters. The molecule has 0 saturated heterocycles. The van der Waals surface area contributed by atoms with Crippen molar-refractivity contribution in [2.24, 2.45) is 0 Å². The molecule has 6 heteroatoms. The van der Waals surface area contributed by atoms with Crippen LogP contribution in [0.15, 0.2) is 58.9 Å². The predicted molar refractivity (Wildman–Crippen MR) is 117 cm³/mol. The van der Waals surface area contributed by atoms with Crippen LogP contribution in [-0.4, -0.2) is 26.0 Å². The number of benzene rings is 1. The number of methoxy groups -OCH3 is 2. The van der Waals surface area contributed by atoms with Gasteiger partial charge in [-0.25, -0.2) is 4.79 Å². The number of ketones is 1. The maximum Gasteiger partial charge on any atom is 0.336 e. The summed E-state index contributed by atoms with van der Waals surface area (Å²) in [6.45, 7) is 3.91. The molecule has 1 N–H and O–H groups in total. The number of nitrogens with one attached hydrogen (secondary N) is 1. The third-order valence-corrected chi connectivity index (χ3v) is 6.91. The Morgan fingerprint density at radius 2 is 1.93 bits per heavy atom. The van der Waals surface area contributed by atoms with Crippen LogP contribution in [0.4, 0.5) is 0 Å². The lowest BCUT2D eigenvalue weighted by atomic mass is 9.73. The quantitative estimate of drug-likeness (QED) is 0.728. The Morgan fingerprint density at radius 3 is 2.60 bits per heavy atom. The minimum absolute atomic E-state index is 0.0667. The predicted octanol–water partition coefficient (Wildman–Crippen LogP) is 4.60. The van der Waals surface area contributed by atoms with Crippen molar-refractivity contribution in [3.63, 3.8) is 0 Å². The van der Waals surface area contributed by atoms with Gasteiger partial charge >= 0.3 is 5.97 Å². The molecular weight excluding hydrogens is 398 g/mol. The average Bonchev–Trinajstić information content (AvgIpc) is 3.18. The number of carbonyl (C=O) groups excluding carboxylic acids is 2. The number of rotatable bonds is 4. The van der Waals surface area contributed by atoms with Crippen LogP contribution < -0.4 is 10.1 Å². The molecule has 30 heavy (non-hydrogen) atoms. The van der Waals surface area contributed by atoms with Crippen molar-refractivity contribution in [2.45, 2.75) is 38.5 Å². The fourth-order valence-corrected chi connectivity index (χ4v) is 5.44. The number of esters is 1. The van der Waals surface area contributed by atoms with Crippen molar-refractivity contribution in [1.29, 1.82) is 0 Å². The zero-order chi connectivity index (χ0) is 21.4. The zero-order valence-electron chi connectivity index (χ0n) is 17.6. The van der Waals surface area contributed by atoms with Crippen molar-refractivity contribution in [3.8, 4) is 5.75 Å². The van der Waals surface area contributed by atoms with Crippen LogP contribution in [0, 0.1) is 6.92 Å². The molecule has 4 rings (SSSR count). The lowest BCUT2D eigenvalue weighted by Crippen LogP contribution is -2.35. The maximum absolute atomic E-state index is 13.4. The Balaban J connectivity index is 1.78. The number of allylic oxidation sites excluding steroid dienone is 3. The molecule has 1 aromatic heterocycles. The minimum Gasteiger partial charge on any atom is -0.497 e. The molecule has 0 radical (unpaired) electrons. The molecule has 1 aromatic carbocycles. The van der Waals surface area contributed by atoms with Crippen LogP contribution in [0.1, 0.15) is 46.9 Å². The van der Waals surface area contributed by atoms with Gasteiger partial charge in [-0.05, 0) is 56.0 Å². The van der Waals surface area contributed by atoms with Crippen LogP contribution in [0.5, 0.6) is 5.75 Å². The number of hydrogen-bond acceptors (Lipinski definition) is 6. The van der Waals surface area contributed by atoms with Gasteiger partial charge < -0.3 is 14.8 Å². The van der Waals surface area contributed by atoms with E-state index in [1.54, 1.807) is 18.4 Å². The summed E-state index contributed by atoms with van der Waals surface area (Å²) in [5.41, 5.74) is 3.95. The molecule has 2 aliphatic rings. The largest absolute Gasteiger partial charge is 0.497 e. The minimum atomic E-state index is -0.398. The number of hydrogen-bond donors (Lipinski definition) is 1. The first-order valence-corrected chi connectivity index (χ1v) is 10.8. The van der Waals surface area contributed by atoms with Gasteiger partial charge in [-0.15, -0.1) is 11.3 Å². The summed E-state index contributed by atoms with van der Waals surface area (Å²) in [5.74, 6) is 0.141. The van der Waals surface area contributed by atoms with Gasteiger partial charge in [0, 0.05) is 33.1 Å². The van der Waals surface area contributed by atoms with E-state index < -0.39 is 5.97 Å². The van der Waals surface area contributed by atoms with E-state index in [9.17, 15) is 9.59 Å². The van der Waals surface area contributed by atoms with Gasteiger partial charge in [-0.2, -0.15) is 0 Å². The van der Waals surface area contributed by atoms with Crippen molar-refractivity contribution in [2.75, 3.05) is 14.2 Å². The summed E-state index contributed by atoms with van der Waals surface area (Å²) in [7, 11) is 3.02. The molecule has 0 saturated carbocycles. The highest BCUT2D eigenvalue weighted by Crippen LogP contribution is 2.47. The SMILES string of the molecule is COC(=O)C1=C(C)NC2=C(C(=O)C[C@@H](c3cccc(OC)c3)C2)[C@@H]1c1ccc(C)s1. The fourth-order valence-electron chi connectivity index (χ4n) is 4.44. The standard InChI is InChI=1S/C24H25NO4S/c1-13-8-9-20(30-13)23-21(24(27)29-4)14(2)25-18-11-16(12-19(26)22(18)23)15-6-5-7-17(10-15)28-3/h5-10,16,23,25H,11-12H2,1-4H3/t16-,23+/m0/s1. The van der Waals surface area contributed by atoms with Gasteiger partial charge in [0.05, 0.1) is 25.7 Å². The third kappa shape index (κ3) is 3.56. The van der Waals surface area contributed by atoms with E-state index in [4.69, 9.17) is 9.47 Å². The van der Waals surface area contributed by atoms with E-state index in [0.717, 1.165) is 32.5 Å². The van der Waals surface area contributed by atoms with Crippen molar-refractivity contribution >= 4 is 23.1 Å². The summed E-state index contributed by atoms with van der Waals surface area (Å²) >= 11 is 1.62. The molecule has 5 nitrogen and oxygen atoms in total. The second-order valence-corrected chi connectivity index (χ2v) is 9.05. The summed E-state index contributed by atoms with van der Waals surface area (Å²) in [4.78, 5) is 28.2. The summed E-state index contributed by atoms with van der Waals surface area (Å²) < 4.78 is 10.4. The van der Waals surface area contributed by atoms with E-state index in [1.807, 2.05) is 50.2 Å². The Kier molecular flexibility index (Phi) is 5.52. The molecule has 156 valence electrons. The highest BCUT2D eigenvalue weighted by molar-refractivity contribution is 7.12. The van der Waals surface area contributed by atoms with E-state index >= 15 is 0 Å². The Bertz CT molecular complexity index is 1080. The Labute approximate surface area is 180 Å². The van der Waals surface area contributed by atoms with E-state index in [0.29, 0.717) is 24.0 Å². The molecule has 2 atom stereocenters. The number of dihydropyridines is 1. The number of carbonyl (C=O) groups is 2. The molecule has 1 aliphatic heterocycles. The lowest BCUT2D eigenvalue weighted by Gasteiger charge is -2.36. The number of Topliss-reactive ketones (excluding diaryl/α,β-unsaturated/α-hetero) is 1. The molecule has 0 fully saturated rings. The second kappa shape index (κ2) is 8.11. The molecule has 2 aromatic rings. The van der Waals surface area contributed by atoms with Crippen molar-refractivity contribution in [3.05, 3.63) is 74.3 Å². The first-order chi connectivity index (χ1) is 14.4. The molecule has 0 spiro atoms. The average molecular weight is 424 g/mol. The summed E-state index contributed by atoms with van der Waals surface area (Å²) in [6.07, 6.45) is 1.11. The van der Waals surface area contributed by atoms with Gasteiger partial charge in [0.15, 0.2) is 5.78 Å². The Morgan fingerprint density at radius 1 is 1.13 bits per heavy atom. The number of aryl methyl sites for hydroxylation is 1. The van der Waals surface area contributed by atoms with Crippen LogP contribution in [-0.2, 0) is 14.3 Å². The Hall–Kier alpha value is -2.86. The normalized spacial score (nSPS) is 21.3. The highest BCUT2D eigenvalue weighted by Gasteiger charge is 2.41. The van der Waals surface area contributed by atoms with Crippen LogP contribution in [0.3, 0.4) is 0 Å². The molecule has 0 amide bonds. The fraction of sp³-hybridized carbons (Fsp3) is 0.333. The van der Waals surface area contributed by atoms with Crippen LogP contribution in [0.25, 0.3) is 0 Å². The molecule has 0 bridgehead atoms. The van der Waals surface area contributed by atoms with Crippen LogP contribution in [0.2, 0.25) is 0 Å². The second-order valence-electron chi connectivity index (χ2n) is 7.73. The van der Waals surface area contributed by atoms with E-state index in [2.05, 4.69) is 5.32 Å². The smallest absolute Gasteiger partial charge is 0.336 e. The summed E-state index contributed by atoms with van der Waals surface area (Å²) in [5, 5.41) is 3.36. The van der Waals surface area contributed by atoms with Gasteiger partial charge in [0.25, 0.3) is 0 Å². The first-order valence-electron chi connectivity index (χ1n) is 9.95. The van der Waals surface area contributed by atoms with E-state index in [-0.39, 0.29) is 17.6 Å². The van der Waals surface area contributed by atoms with Gasteiger partial charge in [-0.1, -0.05) is 12.1 Å². The molecule has 1 aliphatic carbocycles. The topological polar surface area (TPSA) is 64.6 Å². The zero-order valence-corrected chi connectivity index (χ0v) is 18.4. The van der Waals surface area contributed by atoms with Crippen LogP contribution >= 0.6 is 11.3 Å². The van der Waals surface area contributed by atoms with Crippen molar-refractivity contribution < 1.29 is 19.1 Å². The third-order valence-electron chi connectivity index (χ3n) is 5.84. The van der Waals surface area contributed by atoms with Gasteiger partial charge in [-0.3, -0.25) is 4.79 Å². The molecular formula is C24H25NO4S. The van der Waals surface area contributed by atoms with E-state index in [1.165, 1.54) is 7.11 Å². The lowest BCUT2D eigenvalue weighted by molar-refractivity contribution is -0.136. The number of ether oxygens (including phenoxy) is 2. The van der Waals surface area contributed by atoms with Gasteiger partial charge in [0.1, 0.15) is 5.75 Å². The monoisotopic (exact) mass is 423 g/mol.